The molecule has 0 amide bonds. The summed E-state index contributed by atoms with van der Waals surface area (Å²) < 4.78 is 10.4. The Morgan fingerprint density at radius 2 is 1.42 bits per heavy atom. The average Bonchev–Trinajstić information content (AvgIpc) is 3.26. The van der Waals surface area contributed by atoms with E-state index in [4.69, 9.17) is 9.47 Å². The minimum Gasteiger partial charge on any atom is -0.482 e. The zero-order valence-corrected chi connectivity index (χ0v) is 16.5. The minimum atomic E-state index is -0.655. The van der Waals surface area contributed by atoms with Crippen LogP contribution in [-0.2, 0) is 9.53 Å². The van der Waals surface area contributed by atoms with E-state index < -0.39 is 5.97 Å². The molecule has 4 rings (SSSR count). The van der Waals surface area contributed by atoms with E-state index in [0.29, 0.717) is 22.4 Å². The lowest BCUT2D eigenvalue weighted by Crippen LogP contribution is -2.19. The Kier molecular flexibility index (Phi) is 5.89. The first kappa shape index (κ1) is 20.1. The van der Waals surface area contributed by atoms with Crippen molar-refractivity contribution in [2.75, 3.05) is 13.2 Å². The molecule has 154 valence electrons. The number of H-pyrrole nitrogens is 1. The Bertz CT molecular complexity index is 1230. The first-order valence-corrected chi connectivity index (χ1v) is 9.69. The van der Waals surface area contributed by atoms with Crippen LogP contribution in [0.15, 0.2) is 85.1 Å². The zero-order valence-electron chi connectivity index (χ0n) is 16.5. The van der Waals surface area contributed by atoms with Gasteiger partial charge in [-0.05, 0) is 30.3 Å². The van der Waals surface area contributed by atoms with Gasteiger partial charge in [-0.2, -0.15) is 0 Å². The van der Waals surface area contributed by atoms with Crippen LogP contribution in [0.4, 0.5) is 0 Å². The molecule has 1 heterocycles. The number of rotatable bonds is 8. The third-order valence-electron chi connectivity index (χ3n) is 4.76. The number of aromatic amines is 1. The largest absolute Gasteiger partial charge is 0.482 e. The van der Waals surface area contributed by atoms with E-state index in [1.54, 1.807) is 54.7 Å². The van der Waals surface area contributed by atoms with Gasteiger partial charge >= 0.3 is 5.97 Å². The lowest BCUT2D eigenvalue weighted by Gasteiger charge is -2.07. The van der Waals surface area contributed by atoms with Gasteiger partial charge in [-0.25, -0.2) is 4.79 Å². The second-order valence-electron chi connectivity index (χ2n) is 6.84. The van der Waals surface area contributed by atoms with E-state index in [9.17, 15) is 14.4 Å². The van der Waals surface area contributed by atoms with Gasteiger partial charge in [0.1, 0.15) is 5.75 Å². The van der Waals surface area contributed by atoms with Crippen molar-refractivity contribution in [2.24, 2.45) is 0 Å². The molecule has 0 saturated heterocycles. The number of para-hydroxylation sites is 1. The van der Waals surface area contributed by atoms with Crippen LogP contribution < -0.4 is 4.74 Å². The van der Waals surface area contributed by atoms with E-state index in [0.717, 1.165) is 10.9 Å². The van der Waals surface area contributed by atoms with Crippen LogP contribution in [0, 0.1) is 0 Å². The lowest BCUT2D eigenvalue weighted by molar-refractivity contribution is -0.144. The summed E-state index contributed by atoms with van der Waals surface area (Å²) in [5.74, 6) is -0.626. The van der Waals surface area contributed by atoms with Crippen molar-refractivity contribution in [2.45, 2.75) is 0 Å². The number of Topliss-reactive ketones (excluding diaryl/α,β-unsaturated/α-hetero) is 1. The molecule has 6 heteroatoms. The molecular formula is C25H19NO5. The van der Waals surface area contributed by atoms with Crippen LogP contribution in [0.1, 0.15) is 26.3 Å². The maximum Gasteiger partial charge on any atom is 0.344 e. The number of ether oxygens (including phenoxy) is 2. The van der Waals surface area contributed by atoms with E-state index in [2.05, 4.69) is 4.98 Å². The molecule has 0 saturated carbocycles. The van der Waals surface area contributed by atoms with Crippen LogP contribution in [0.3, 0.4) is 0 Å². The molecule has 3 aromatic carbocycles. The molecule has 0 atom stereocenters. The van der Waals surface area contributed by atoms with E-state index >= 15 is 0 Å². The highest BCUT2D eigenvalue weighted by Gasteiger charge is 2.15. The van der Waals surface area contributed by atoms with E-state index in [1.807, 2.05) is 30.3 Å². The predicted octanol–water partition coefficient (Wildman–Crippen LogP) is 4.20. The topological polar surface area (TPSA) is 85.5 Å². The molecule has 4 aromatic rings. The number of hydrogen-bond donors (Lipinski definition) is 1. The monoisotopic (exact) mass is 413 g/mol. The van der Waals surface area contributed by atoms with E-state index in [-0.39, 0.29) is 24.8 Å². The molecule has 0 fully saturated rings. The first-order chi connectivity index (χ1) is 15.1. The van der Waals surface area contributed by atoms with E-state index in [1.165, 1.54) is 0 Å². The van der Waals surface area contributed by atoms with Gasteiger partial charge in [0.05, 0.1) is 0 Å². The van der Waals surface area contributed by atoms with Crippen LogP contribution in [0.2, 0.25) is 0 Å². The molecule has 0 radical (unpaired) electrons. The maximum absolute atomic E-state index is 12.4. The quantitative estimate of drug-likeness (QED) is 0.346. The minimum absolute atomic E-state index is 0.0950. The number of carbonyl (C=O) groups is 3. The summed E-state index contributed by atoms with van der Waals surface area (Å²) in [5.41, 5.74) is 2.43. The number of aromatic nitrogens is 1. The summed E-state index contributed by atoms with van der Waals surface area (Å²) in [6.07, 6.45) is 1.61. The average molecular weight is 413 g/mol. The summed E-state index contributed by atoms with van der Waals surface area (Å²) in [5, 5.41) is 0.782. The number of benzene rings is 3. The number of ketones is 2. The van der Waals surface area contributed by atoms with Gasteiger partial charge in [0.15, 0.2) is 19.0 Å². The van der Waals surface area contributed by atoms with Crippen molar-refractivity contribution in [3.8, 4) is 5.75 Å². The van der Waals surface area contributed by atoms with Gasteiger partial charge in [-0.1, -0.05) is 48.5 Å². The predicted molar refractivity (Wildman–Crippen MR) is 115 cm³/mol. The van der Waals surface area contributed by atoms with Gasteiger partial charge < -0.3 is 14.5 Å². The molecule has 0 unspecified atom stereocenters. The Morgan fingerprint density at radius 1 is 0.742 bits per heavy atom. The van der Waals surface area contributed by atoms with Crippen molar-refractivity contribution in [3.63, 3.8) is 0 Å². The summed E-state index contributed by atoms with van der Waals surface area (Å²) >= 11 is 0. The van der Waals surface area contributed by atoms with Gasteiger partial charge in [-0.15, -0.1) is 0 Å². The standard InChI is InChI=1S/C25H19NO5/c27-23(21-14-26-22-9-5-4-8-20(21)22)15-31-24(28)16-30-19-12-10-18(11-13-19)25(29)17-6-2-1-3-7-17/h1-14,26H,15-16H2. The Hall–Kier alpha value is -4.19. The molecule has 0 aliphatic rings. The van der Waals surface area contributed by atoms with Gasteiger partial charge in [0, 0.05) is 33.8 Å². The Labute approximate surface area is 178 Å². The summed E-state index contributed by atoms with van der Waals surface area (Å²) in [4.78, 5) is 39.7. The molecule has 1 N–H and O–H groups in total. The number of hydrogen-bond acceptors (Lipinski definition) is 5. The van der Waals surface area contributed by atoms with Crippen LogP contribution in [0.25, 0.3) is 10.9 Å². The SMILES string of the molecule is O=C(COc1ccc(C(=O)c2ccccc2)cc1)OCC(=O)c1c[nH]c2ccccc12. The third-order valence-corrected chi connectivity index (χ3v) is 4.76. The fraction of sp³-hybridized carbons (Fsp3) is 0.0800. The highest BCUT2D eigenvalue weighted by atomic mass is 16.6. The Morgan fingerprint density at radius 3 is 2.19 bits per heavy atom. The van der Waals surface area contributed by atoms with Crippen molar-refractivity contribution in [1.82, 2.24) is 4.98 Å². The van der Waals surface area contributed by atoms with Crippen molar-refractivity contribution < 1.29 is 23.9 Å². The number of esters is 1. The smallest absolute Gasteiger partial charge is 0.344 e. The van der Waals surface area contributed by atoms with Gasteiger partial charge in [-0.3, -0.25) is 9.59 Å². The second kappa shape index (κ2) is 9.09. The highest BCUT2D eigenvalue weighted by Crippen LogP contribution is 2.18. The van der Waals surface area contributed by atoms with Gasteiger partial charge in [0.25, 0.3) is 0 Å². The first-order valence-electron chi connectivity index (χ1n) is 9.69. The maximum atomic E-state index is 12.4. The van der Waals surface area contributed by atoms with Crippen LogP contribution >= 0.6 is 0 Å². The molecule has 6 nitrogen and oxygen atoms in total. The number of nitrogens with one attached hydrogen (secondary N) is 1. The molecule has 1 aromatic heterocycles. The summed E-state index contributed by atoms with van der Waals surface area (Å²) in [6, 6.07) is 22.9. The third kappa shape index (κ3) is 4.70. The molecular weight excluding hydrogens is 394 g/mol. The number of carbonyl (C=O) groups excluding carboxylic acids is 3. The normalized spacial score (nSPS) is 10.6. The highest BCUT2D eigenvalue weighted by molar-refractivity contribution is 6.09. The summed E-state index contributed by atoms with van der Waals surface area (Å²) in [6.45, 7) is -0.707. The fourth-order valence-corrected chi connectivity index (χ4v) is 3.17. The van der Waals surface area contributed by atoms with Gasteiger partial charge in [0.2, 0.25) is 5.78 Å². The summed E-state index contributed by atoms with van der Waals surface area (Å²) in [7, 11) is 0. The molecule has 0 aliphatic heterocycles. The second-order valence-corrected chi connectivity index (χ2v) is 6.84. The molecule has 31 heavy (non-hydrogen) atoms. The fourth-order valence-electron chi connectivity index (χ4n) is 3.17. The van der Waals surface area contributed by atoms with Crippen LogP contribution in [0.5, 0.6) is 5.75 Å². The van der Waals surface area contributed by atoms with Crippen molar-refractivity contribution in [1.29, 1.82) is 0 Å². The van der Waals surface area contributed by atoms with Crippen molar-refractivity contribution in [3.05, 3.63) is 102 Å². The molecule has 0 spiro atoms. The van der Waals surface area contributed by atoms with Crippen molar-refractivity contribution >= 4 is 28.4 Å². The molecule has 0 aliphatic carbocycles. The lowest BCUT2D eigenvalue weighted by atomic mass is 10.0. The van der Waals surface area contributed by atoms with Crippen LogP contribution in [-0.4, -0.2) is 35.7 Å². The Balaban J connectivity index is 1.28. The zero-order chi connectivity index (χ0) is 21.6. The number of fused-ring (bicyclic) bond motifs is 1. The molecule has 0 bridgehead atoms.